The molecule has 0 bridgehead atoms. The van der Waals surface area contributed by atoms with Gasteiger partial charge in [-0.2, -0.15) is 0 Å². The first kappa shape index (κ1) is 36.2. The Kier molecular flexibility index (Phi) is 23.5. The average Bonchev–Trinajstić information content (AvgIpc) is 3.00. The minimum absolute atomic E-state index is 1.16. The maximum Gasteiger partial charge on any atom is 0.169 e. The topological polar surface area (TPSA) is 7.76 Å². The van der Waals surface area contributed by atoms with Crippen molar-refractivity contribution < 1.29 is 9.13 Å². The maximum atomic E-state index is 2.36. The van der Waals surface area contributed by atoms with Crippen LogP contribution in [-0.4, -0.2) is 11.5 Å². The summed E-state index contributed by atoms with van der Waals surface area (Å²) in [6.07, 6.45) is 38.4. The van der Waals surface area contributed by atoms with Crippen molar-refractivity contribution in [2.45, 2.75) is 172 Å². The van der Waals surface area contributed by atoms with E-state index in [1.807, 2.05) is 23.5 Å². The number of nitrogens with zero attached hydrogens (tertiary/aromatic N) is 2. The number of aryl methyl sites for hydroxylation is 2. The van der Waals surface area contributed by atoms with E-state index in [0.717, 1.165) is 13.1 Å². The molecule has 0 fully saturated rings. The number of thioether (sulfide) groups is 2. The van der Waals surface area contributed by atoms with Crippen LogP contribution in [0.15, 0.2) is 58.8 Å². The first-order valence-electron chi connectivity index (χ1n) is 17.6. The molecule has 0 N–H and O–H groups in total. The highest BCUT2D eigenvalue weighted by Gasteiger charge is 2.04. The fourth-order valence-corrected chi connectivity index (χ4v) is 7.24. The zero-order valence-electron chi connectivity index (χ0n) is 27.0. The van der Waals surface area contributed by atoms with Gasteiger partial charge in [-0.3, -0.25) is 0 Å². The lowest BCUT2D eigenvalue weighted by atomic mass is 10.1. The van der Waals surface area contributed by atoms with Crippen molar-refractivity contribution in [1.82, 2.24) is 0 Å². The van der Waals surface area contributed by atoms with E-state index in [-0.39, 0.29) is 0 Å². The quantitative estimate of drug-likeness (QED) is 0.0545. The van der Waals surface area contributed by atoms with Gasteiger partial charge in [0.1, 0.15) is 13.1 Å². The Balaban J connectivity index is 1.42. The largest absolute Gasteiger partial charge is 0.205 e. The van der Waals surface area contributed by atoms with E-state index in [1.165, 1.54) is 156 Å². The molecule has 0 unspecified atom stereocenters. The van der Waals surface area contributed by atoms with Crippen LogP contribution >= 0.6 is 23.5 Å². The van der Waals surface area contributed by atoms with Crippen molar-refractivity contribution in [2.24, 2.45) is 0 Å². The SMILES string of the molecule is CCCCCCCCCCCC[n+]1ccc(SCCCSc2cc[n+](CCCCCCCCCCCC)cc2)cc1. The lowest BCUT2D eigenvalue weighted by Crippen LogP contribution is -2.32. The van der Waals surface area contributed by atoms with Gasteiger partial charge in [0.15, 0.2) is 24.8 Å². The fourth-order valence-electron chi connectivity index (χ4n) is 5.38. The number of aromatic nitrogens is 2. The molecular weight excluding hydrogens is 537 g/mol. The van der Waals surface area contributed by atoms with Gasteiger partial charge in [-0.25, -0.2) is 9.13 Å². The van der Waals surface area contributed by atoms with E-state index in [0.29, 0.717) is 0 Å². The lowest BCUT2D eigenvalue weighted by molar-refractivity contribution is -0.697. The molecule has 0 aliphatic carbocycles. The molecule has 232 valence electrons. The van der Waals surface area contributed by atoms with Gasteiger partial charge in [-0.1, -0.05) is 117 Å². The highest BCUT2D eigenvalue weighted by Crippen LogP contribution is 2.21. The molecule has 2 aromatic heterocycles. The number of pyridine rings is 2. The molecule has 2 nitrogen and oxygen atoms in total. The molecule has 2 heterocycles. The summed E-state index contributed by atoms with van der Waals surface area (Å²) in [6.45, 7) is 6.91. The molecule has 2 aromatic rings. The van der Waals surface area contributed by atoms with Crippen LogP contribution in [-0.2, 0) is 13.1 Å². The molecule has 0 saturated heterocycles. The zero-order valence-corrected chi connectivity index (χ0v) is 28.6. The Morgan fingerprint density at radius 1 is 0.390 bits per heavy atom. The Labute approximate surface area is 263 Å². The monoisotopic (exact) mass is 600 g/mol. The number of hydrogen-bond donors (Lipinski definition) is 0. The Hall–Kier alpha value is -1.00. The molecule has 0 aliphatic rings. The van der Waals surface area contributed by atoms with Crippen LogP contribution in [0.1, 0.15) is 149 Å². The van der Waals surface area contributed by atoms with Gasteiger partial charge < -0.3 is 0 Å². The van der Waals surface area contributed by atoms with Crippen molar-refractivity contribution in [3.05, 3.63) is 49.1 Å². The second-order valence-corrected chi connectivity index (χ2v) is 14.3. The average molecular weight is 601 g/mol. The summed E-state index contributed by atoms with van der Waals surface area (Å²) in [7, 11) is 0. The summed E-state index contributed by atoms with van der Waals surface area (Å²) in [5.41, 5.74) is 0. The van der Waals surface area contributed by atoms with E-state index in [2.05, 4.69) is 72.0 Å². The Morgan fingerprint density at radius 2 is 0.683 bits per heavy atom. The van der Waals surface area contributed by atoms with Crippen LogP contribution in [0.5, 0.6) is 0 Å². The highest BCUT2D eigenvalue weighted by atomic mass is 32.2. The van der Waals surface area contributed by atoms with Crippen molar-refractivity contribution in [1.29, 1.82) is 0 Å². The van der Waals surface area contributed by atoms with Crippen molar-refractivity contribution in [2.75, 3.05) is 11.5 Å². The van der Waals surface area contributed by atoms with Gasteiger partial charge in [0.25, 0.3) is 0 Å². The molecule has 0 saturated carbocycles. The minimum atomic E-state index is 1.16. The van der Waals surface area contributed by atoms with E-state index < -0.39 is 0 Å². The van der Waals surface area contributed by atoms with E-state index in [4.69, 9.17) is 0 Å². The third-order valence-electron chi connectivity index (χ3n) is 8.09. The molecule has 0 aliphatic heterocycles. The second-order valence-electron chi connectivity index (χ2n) is 12.0. The third kappa shape index (κ3) is 20.5. The first-order chi connectivity index (χ1) is 20.3. The molecule has 0 spiro atoms. The molecule has 4 heteroatoms. The van der Waals surface area contributed by atoms with Crippen LogP contribution in [0.3, 0.4) is 0 Å². The summed E-state index contributed by atoms with van der Waals surface area (Å²) >= 11 is 4.00. The van der Waals surface area contributed by atoms with Gasteiger partial charge >= 0.3 is 0 Å². The van der Waals surface area contributed by atoms with Gasteiger partial charge in [-0.15, -0.1) is 23.5 Å². The second kappa shape index (κ2) is 26.6. The number of unbranched alkanes of at least 4 members (excludes halogenated alkanes) is 18. The van der Waals surface area contributed by atoms with Crippen molar-refractivity contribution in [3.63, 3.8) is 0 Å². The molecule has 0 amide bonds. The molecule has 2 rings (SSSR count). The molecular formula is C37H64N2S2+2. The van der Waals surface area contributed by atoms with Gasteiger partial charge in [0.05, 0.1) is 0 Å². The normalized spacial score (nSPS) is 11.4. The van der Waals surface area contributed by atoms with Crippen LogP contribution in [0.4, 0.5) is 0 Å². The van der Waals surface area contributed by atoms with Crippen molar-refractivity contribution >= 4 is 23.5 Å². The van der Waals surface area contributed by atoms with Crippen LogP contribution in [0.25, 0.3) is 0 Å². The molecule has 0 aromatic carbocycles. The highest BCUT2D eigenvalue weighted by molar-refractivity contribution is 8.00. The molecule has 0 radical (unpaired) electrons. The summed E-state index contributed by atoms with van der Waals surface area (Å²) < 4.78 is 4.73. The fraction of sp³-hybridized carbons (Fsp3) is 0.730. The molecule has 41 heavy (non-hydrogen) atoms. The maximum absolute atomic E-state index is 2.36. The van der Waals surface area contributed by atoms with Gasteiger partial charge in [-0.05, 0) is 30.8 Å². The predicted molar refractivity (Wildman–Crippen MR) is 183 cm³/mol. The van der Waals surface area contributed by atoms with Crippen LogP contribution in [0, 0.1) is 0 Å². The lowest BCUT2D eigenvalue weighted by Gasteiger charge is -2.04. The first-order valence-corrected chi connectivity index (χ1v) is 19.5. The van der Waals surface area contributed by atoms with Gasteiger partial charge in [0, 0.05) is 46.9 Å². The minimum Gasteiger partial charge on any atom is -0.205 e. The summed E-state index contributed by atoms with van der Waals surface area (Å²) in [5.74, 6) is 2.39. The standard InChI is InChI=1S/C37H64N2S2/c1-3-5-7-9-11-13-15-17-19-21-28-38-30-24-36(25-31-38)40-34-23-35-41-37-26-32-39(33-27-37)29-22-20-18-16-14-12-10-8-6-4-2/h24-27,30-33H,3-23,28-29,34-35H2,1-2H3/q+2. The van der Waals surface area contributed by atoms with Crippen LogP contribution in [0.2, 0.25) is 0 Å². The zero-order chi connectivity index (χ0) is 29.1. The number of rotatable bonds is 28. The number of hydrogen-bond acceptors (Lipinski definition) is 2. The Bertz CT molecular complexity index is 752. The van der Waals surface area contributed by atoms with Crippen LogP contribution < -0.4 is 9.13 Å². The van der Waals surface area contributed by atoms with E-state index in [9.17, 15) is 0 Å². The third-order valence-corrected chi connectivity index (χ3v) is 10.3. The predicted octanol–water partition coefficient (Wildman–Crippen LogP) is 11.4. The van der Waals surface area contributed by atoms with E-state index >= 15 is 0 Å². The summed E-state index contributed by atoms with van der Waals surface area (Å²) in [6, 6.07) is 9.22. The van der Waals surface area contributed by atoms with E-state index in [1.54, 1.807) is 0 Å². The summed E-state index contributed by atoms with van der Waals surface area (Å²) in [4.78, 5) is 2.81. The van der Waals surface area contributed by atoms with Gasteiger partial charge in [0.2, 0.25) is 0 Å². The Morgan fingerprint density at radius 3 is 1.00 bits per heavy atom. The van der Waals surface area contributed by atoms with Crippen molar-refractivity contribution in [3.8, 4) is 0 Å². The smallest absolute Gasteiger partial charge is 0.169 e. The molecule has 0 atom stereocenters. The summed E-state index contributed by atoms with van der Waals surface area (Å²) in [5, 5.41) is 0.